The molecular weight excluding hydrogens is 336 g/mol. The topological polar surface area (TPSA) is 110 Å². The van der Waals surface area contributed by atoms with Gasteiger partial charge >= 0.3 is 5.69 Å². The zero-order valence-electron chi connectivity index (χ0n) is 14.5. The Labute approximate surface area is 148 Å². The van der Waals surface area contributed by atoms with Crippen molar-refractivity contribution in [3.63, 3.8) is 0 Å². The molecular formula is C17H18N6O3. The first-order valence-corrected chi connectivity index (χ1v) is 8.38. The number of carbonyl (C=O) groups is 1. The molecule has 0 radical (unpaired) electrons. The van der Waals surface area contributed by atoms with Gasteiger partial charge in [0.2, 0.25) is 0 Å². The Balaban J connectivity index is 1.58. The monoisotopic (exact) mass is 354 g/mol. The minimum atomic E-state index is -0.429. The predicted molar refractivity (Wildman–Crippen MR) is 90.9 cm³/mol. The molecule has 1 fully saturated rings. The van der Waals surface area contributed by atoms with Crippen molar-refractivity contribution in [1.29, 1.82) is 0 Å². The van der Waals surface area contributed by atoms with Crippen molar-refractivity contribution in [1.82, 2.24) is 30.3 Å². The number of H-pyrrole nitrogens is 1. The zero-order chi connectivity index (χ0) is 18.3. The van der Waals surface area contributed by atoms with Gasteiger partial charge in [-0.25, -0.2) is 9.89 Å². The van der Waals surface area contributed by atoms with Crippen molar-refractivity contribution in [2.24, 2.45) is 0 Å². The molecule has 2 aromatic heterocycles. The third kappa shape index (κ3) is 2.92. The minimum Gasteiger partial charge on any atom is -0.361 e. The first-order chi connectivity index (χ1) is 12.5. The highest BCUT2D eigenvalue weighted by Crippen LogP contribution is 2.31. The molecule has 1 amide bonds. The van der Waals surface area contributed by atoms with Gasteiger partial charge in [-0.1, -0.05) is 5.16 Å². The van der Waals surface area contributed by atoms with Crippen LogP contribution >= 0.6 is 0 Å². The first kappa shape index (κ1) is 16.2. The largest absolute Gasteiger partial charge is 0.365 e. The standard InChI is InChI=1S/C17H18N6O3/c1-10-15(11(2)26-19-10)9-22(13-7-8-13)16(24)12-3-5-14(6-4-12)23-17(25)18-20-21-23/h3-6,13H,7-9H2,1-2H3,(H,18,21,25). The van der Waals surface area contributed by atoms with Crippen molar-refractivity contribution < 1.29 is 9.32 Å². The Hall–Kier alpha value is -3.23. The van der Waals surface area contributed by atoms with Crippen LogP contribution in [-0.4, -0.2) is 42.2 Å². The van der Waals surface area contributed by atoms with Crippen LogP contribution in [-0.2, 0) is 6.54 Å². The molecule has 0 unspecified atom stereocenters. The maximum absolute atomic E-state index is 13.0. The summed E-state index contributed by atoms with van der Waals surface area (Å²) in [5.41, 5.74) is 2.44. The molecule has 1 aliphatic carbocycles. The number of nitrogens with zero attached hydrogens (tertiary/aromatic N) is 5. The highest BCUT2D eigenvalue weighted by molar-refractivity contribution is 5.94. The van der Waals surface area contributed by atoms with Gasteiger partial charge in [-0.2, -0.15) is 4.68 Å². The Morgan fingerprint density at radius 1 is 1.31 bits per heavy atom. The van der Waals surface area contributed by atoms with Gasteiger partial charge < -0.3 is 9.42 Å². The number of nitrogens with one attached hydrogen (secondary N) is 1. The van der Waals surface area contributed by atoms with Crippen LogP contribution in [0.5, 0.6) is 0 Å². The van der Waals surface area contributed by atoms with Gasteiger partial charge in [0.25, 0.3) is 5.91 Å². The Kier molecular flexibility index (Phi) is 3.90. The van der Waals surface area contributed by atoms with Gasteiger partial charge in [0, 0.05) is 17.2 Å². The van der Waals surface area contributed by atoms with Crippen LogP contribution < -0.4 is 5.69 Å². The number of rotatable bonds is 5. The SMILES string of the molecule is Cc1noc(C)c1CN(C(=O)c1ccc(-n2nn[nH]c2=O)cc1)C1CC1. The van der Waals surface area contributed by atoms with Crippen molar-refractivity contribution in [2.75, 3.05) is 0 Å². The number of aryl methyl sites for hydroxylation is 2. The first-order valence-electron chi connectivity index (χ1n) is 8.38. The Morgan fingerprint density at radius 3 is 2.58 bits per heavy atom. The number of hydrogen-bond acceptors (Lipinski definition) is 6. The molecule has 9 nitrogen and oxygen atoms in total. The summed E-state index contributed by atoms with van der Waals surface area (Å²) in [6.45, 7) is 4.22. The molecule has 1 N–H and O–H groups in total. The number of hydrogen-bond donors (Lipinski definition) is 1. The van der Waals surface area contributed by atoms with Gasteiger partial charge in [0.1, 0.15) is 5.76 Å². The van der Waals surface area contributed by atoms with E-state index in [0.29, 0.717) is 17.8 Å². The van der Waals surface area contributed by atoms with Crippen LogP contribution in [0, 0.1) is 13.8 Å². The molecule has 1 aliphatic rings. The Bertz CT molecular complexity index is 977. The van der Waals surface area contributed by atoms with E-state index in [4.69, 9.17) is 4.52 Å². The molecule has 0 aliphatic heterocycles. The molecule has 2 heterocycles. The normalized spacial score (nSPS) is 13.8. The molecule has 9 heteroatoms. The molecule has 134 valence electrons. The molecule has 0 bridgehead atoms. The van der Waals surface area contributed by atoms with Crippen molar-refractivity contribution in [2.45, 2.75) is 39.3 Å². The molecule has 0 saturated heterocycles. The van der Waals surface area contributed by atoms with E-state index in [9.17, 15) is 9.59 Å². The van der Waals surface area contributed by atoms with Crippen molar-refractivity contribution in [3.05, 3.63) is 57.3 Å². The third-order valence-electron chi connectivity index (χ3n) is 4.59. The van der Waals surface area contributed by atoms with E-state index in [-0.39, 0.29) is 11.9 Å². The number of amides is 1. The third-order valence-corrected chi connectivity index (χ3v) is 4.59. The highest BCUT2D eigenvalue weighted by Gasteiger charge is 2.34. The summed E-state index contributed by atoms with van der Waals surface area (Å²) in [7, 11) is 0. The maximum Gasteiger partial charge on any atom is 0.365 e. The van der Waals surface area contributed by atoms with E-state index in [1.54, 1.807) is 24.3 Å². The summed E-state index contributed by atoms with van der Waals surface area (Å²) < 4.78 is 6.35. The van der Waals surface area contributed by atoms with Gasteiger partial charge in [-0.05, 0) is 61.4 Å². The summed E-state index contributed by atoms with van der Waals surface area (Å²) in [6, 6.07) is 6.99. The van der Waals surface area contributed by atoms with Crippen molar-refractivity contribution in [3.8, 4) is 5.69 Å². The predicted octanol–water partition coefficient (Wildman–Crippen LogP) is 1.37. The van der Waals surface area contributed by atoms with E-state index < -0.39 is 5.69 Å². The molecule has 0 spiro atoms. The van der Waals surface area contributed by atoms with Crippen LogP contribution in [0.4, 0.5) is 0 Å². The number of carbonyl (C=O) groups excluding carboxylic acids is 1. The lowest BCUT2D eigenvalue weighted by atomic mass is 10.1. The van der Waals surface area contributed by atoms with E-state index in [1.807, 2.05) is 18.7 Å². The number of benzene rings is 1. The van der Waals surface area contributed by atoms with Crippen LogP contribution in [0.2, 0.25) is 0 Å². The van der Waals surface area contributed by atoms with Crippen LogP contribution in [0.1, 0.15) is 40.2 Å². The fraction of sp³-hybridized carbons (Fsp3) is 0.353. The summed E-state index contributed by atoms with van der Waals surface area (Å²) in [5, 5.41) is 13.4. The summed E-state index contributed by atoms with van der Waals surface area (Å²) >= 11 is 0. The molecule has 0 atom stereocenters. The van der Waals surface area contributed by atoms with Gasteiger partial charge in [-0.15, -0.1) is 0 Å². The lowest BCUT2D eigenvalue weighted by Crippen LogP contribution is -2.33. The smallest absolute Gasteiger partial charge is 0.361 e. The lowest BCUT2D eigenvalue weighted by molar-refractivity contribution is 0.0729. The van der Waals surface area contributed by atoms with Gasteiger partial charge in [0.05, 0.1) is 17.9 Å². The Morgan fingerprint density at radius 2 is 2.04 bits per heavy atom. The molecule has 3 aromatic rings. The van der Waals surface area contributed by atoms with Gasteiger partial charge in [0.15, 0.2) is 0 Å². The fourth-order valence-corrected chi connectivity index (χ4v) is 2.93. The maximum atomic E-state index is 13.0. The number of aromatic amines is 1. The quantitative estimate of drug-likeness (QED) is 0.741. The highest BCUT2D eigenvalue weighted by atomic mass is 16.5. The molecule has 1 aromatic carbocycles. The van der Waals surface area contributed by atoms with Crippen LogP contribution in [0.3, 0.4) is 0 Å². The second-order valence-corrected chi connectivity index (χ2v) is 6.43. The average molecular weight is 354 g/mol. The number of aromatic nitrogens is 5. The second-order valence-electron chi connectivity index (χ2n) is 6.43. The van der Waals surface area contributed by atoms with Crippen molar-refractivity contribution >= 4 is 5.91 Å². The van der Waals surface area contributed by atoms with Crippen LogP contribution in [0.15, 0.2) is 33.6 Å². The average Bonchev–Trinajstić information content (AvgIpc) is 3.32. The summed E-state index contributed by atoms with van der Waals surface area (Å²) in [5.74, 6) is 0.688. The fourth-order valence-electron chi connectivity index (χ4n) is 2.93. The molecule has 1 saturated carbocycles. The van der Waals surface area contributed by atoms with E-state index >= 15 is 0 Å². The molecule has 4 rings (SSSR count). The number of tetrazole rings is 1. The van der Waals surface area contributed by atoms with Gasteiger partial charge in [-0.3, -0.25) is 4.79 Å². The zero-order valence-corrected chi connectivity index (χ0v) is 14.5. The van der Waals surface area contributed by atoms with E-state index in [0.717, 1.165) is 34.5 Å². The molecule has 26 heavy (non-hydrogen) atoms. The minimum absolute atomic E-state index is 0.0495. The summed E-state index contributed by atoms with van der Waals surface area (Å²) in [6.07, 6.45) is 2.00. The second kappa shape index (κ2) is 6.25. The van der Waals surface area contributed by atoms with E-state index in [1.165, 1.54) is 0 Å². The summed E-state index contributed by atoms with van der Waals surface area (Å²) in [4.78, 5) is 26.5. The van der Waals surface area contributed by atoms with Crippen LogP contribution in [0.25, 0.3) is 5.69 Å². The lowest BCUT2D eigenvalue weighted by Gasteiger charge is -2.22. The van der Waals surface area contributed by atoms with E-state index in [2.05, 4.69) is 20.7 Å².